The number of carbonyl (C=O) groups is 1. The molecule has 0 amide bonds. The normalized spacial score (nSPS) is 10.3. The number of benzene rings is 2. The lowest BCUT2D eigenvalue weighted by atomic mass is 10.2. The molecule has 0 bridgehead atoms. The summed E-state index contributed by atoms with van der Waals surface area (Å²) in [6, 6.07) is 9.52. The Morgan fingerprint density at radius 1 is 1.25 bits per heavy atom. The third-order valence-electron chi connectivity index (χ3n) is 2.67. The van der Waals surface area contributed by atoms with Gasteiger partial charge in [-0.25, -0.2) is 4.79 Å². The van der Waals surface area contributed by atoms with Crippen molar-refractivity contribution in [2.75, 3.05) is 5.73 Å². The van der Waals surface area contributed by atoms with Gasteiger partial charge in [-0.3, -0.25) is 0 Å². The van der Waals surface area contributed by atoms with Gasteiger partial charge >= 0.3 is 5.97 Å². The van der Waals surface area contributed by atoms with E-state index >= 15 is 0 Å². The second-order valence-electron chi connectivity index (χ2n) is 4.06. The molecule has 0 fully saturated rings. The summed E-state index contributed by atoms with van der Waals surface area (Å²) in [4.78, 5) is 10.8. The fourth-order valence-corrected chi connectivity index (χ4v) is 2.00. The molecule has 0 saturated heterocycles. The minimum Gasteiger partial charge on any atom is -0.487 e. The molecule has 2 aromatic carbocycles. The molecule has 0 spiro atoms. The van der Waals surface area contributed by atoms with Gasteiger partial charge < -0.3 is 15.6 Å². The number of hydrogen-bond donors (Lipinski definition) is 2. The summed E-state index contributed by atoms with van der Waals surface area (Å²) in [5.41, 5.74) is 6.83. The first kappa shape index (κ1) is 14.5. The number of carboxylic acids is 1. The van der Waals surface area contributed by atoms with Crippen LogP contribution in [-0.4, -0.2) is 11.1 Å². The third-order valence-corrected chi connectivity index (χ3v) is 3.53. The molecule has 4 nitrogen and oxygen atoms in total. The van der Waals surface area contributed by atoms with Crippen LogP contribution >= 0.6 is 23.2 Å². The first-order valence-electron chi connectivity index (χ1n) is 5.67. The van der Waals surface area contributed by atoms with E-state index in [0.717, 1.165) is 5.56 Å². The van der Waals surface area contributed by atoms with Crippen LogP contribution in [0.2, 0.25) is 10.0 Å². The summed E-state index contributed by atoms with van der Waals surface area (Å²) in [5.74, 6) is -0.646. The van der Waals surface area contributed by atoms with Gasteiger partial charge in [0.2, 0.25) is 0 Å². The van der Waals surface area contributed by atoms with Crippen LogP contribution in [0.4, 0.5) is 5.69 Å². The summed E-state index contributed by atoms with van der Waals surface area (Å²) < 4.78 is 5.53. The second-order valence-corrected chi connectivity index (χ2v) is 4.84. The fraction of sp³-hybridized carbons (Fsp3) is 0.0714. The van der Waals surface area contributed by atoms with Gasteiger partial charge in [-0.15, -0.1) is 0 Å². The van der Waals surface area contributed by atoms with E-state index in [1.165, 1.54) is 18.2 Å². The lowest BCUT2D eigenvalue weighted by Gasteiger charge is -2.11. The number of halogens is 2. The van der Waals surface area contributed by atoms with Crippen molar-refractivity contribution in [2.45, 2.75) is 6.61 Å². The molecule has 0 atom stereocenters. The second kappa shape index (κ2) is 6.03. The maximum atomic E-state index is 10.8. The number of nitrogen functional groups attached to an aromatic ring is 1. The lowest BCUT2D eigenvalue weighted by molar-refractivity contribution is 0.0697. The Balaban J connectivity index is 2.15. The van der Waals surface area contributed by atoms with E-state index in [-0.39, 0.29) is 17.9 Å². The highest BCUT2D eigenvalue weighted by atomic mass is 35.5. The summed E-state index contributed by atoms with van der Waals surface area (Å²) in [6.07, 6.45) is 0. The molecular weight excluding hydrogens is 301 g/mol. The smallest absolute Gasteiger partial charge is 0.335 e. The van der Waals surface area contributed by atoms with Crippen LogP contribution in [0.5, 0.6) is 5.75 Å². The Bertz CT molecular complexity index is 659. The van der Waals surface area contributed by atoms with Crippen molar-refractivity contribution in [3.05, 3.63) is 57.6 Å². The molecule has 0 saturated carbocycles. The van der Waals surface area contributed by atoms with E-state index in [9.17, 15) is 4.79 Å². The quantitative estimate of drug-likeness (QED) is 0.841. The van der Waals surface area contributed by atoms with Crippen molar-refractivity contribution in [1.82, 2.24) is 0 Å². The molecule has 104 valence electrons. The van der Waals surface area contributed by atoms with Crippen LogP contribution in [0.1, 0.15) is 15.9 Å². The third kappa shape index (κ3) is 3.15. The van der Waals surface area contributed by atoms with Gasteiger partial charge in [0.25, 0.3) is 0 Å². The van der Waals surface area contributed by atoms with Gasteiger partial charge in [-0.2, -0.15) is 0 Å². The number of ether oxygens (including phenoxy) is 1. The van der Waals surface area contributed by atoms with Gasteiger partial charge in [0.1, 0.15) is 12.4 Å². The molecule has 0 aromatic heterocycles. The molecule has 2 aromatic rings. The Kier molecular flexibility index (Phi) is 4.37. The van der Waals surface area contributed by atoms with Crippen molar-refractivity contribution in [3.8, 4) is 5.75 Å². The first-order chi connectivity index (χ1) is 9.49. The number of hydrogen-bond acceptors (Lipinski definition) is 3. The first-order valence-corrected chi connectivity index (χ1v) is 6.43. The van der Waals surface area contributed by atoms with Crippen LogP contribution < -0.4 is 10.5 Å². The minimum atomic E-state index is -1.04. The Hall–Kier alpha value is -1.91. The number of nitrogens with two attached hydrogens (primary N) is 1. The number of aromatic carboxylic acids is 1. The molecule has 3 N–H and O–H groups in total. The van der Waals surface area contributed by atoms with Gasteiger partial charge in [-0.05, 0) is 24.3 Å². The molecule has 0 radical (unpaired) electrons. The molecule has 6 heteroatoms. The summed E-state index contributed by atoms with van der Waals surface area (Å²) >= 11 is 12.0. The van der Waals surface area contributed by atoms with Crippen molar-refractivity contribution >= 4 is 34.9 Å². The van der Waals surface area contributed by atoms with Gasteiger partial charge in [0.05, 0.1) is 21.3 Å². The highest BCUT2D eigenvalue weighted by Gasteiger charge is 2.09. The van der Waals surface area contributed by atoms with Crippen LogP contribution in [0.25, 0.3) is 0 Å². The van der Waals surface area contributed by atoms with E-state index in [1.807, 2.05) is 0 Å². The maximum absolute atomic E-state index is 10.8. The predicted octanol–water partition coefficient (Wildman–Crippen LogP) is 3.85. The number of carboxylic acid groups (broad SMARTS) is 1. The van der Waals surface area contributed by atoms with Crippen LogP contribution in [-0.2, 0) is 6.61 Å². The summed E-state index contributed by atoms with van der Waals surface area (Å²) in [7, 11) is 0. The van der Waals surface area contributed by atoms with Crippen LogP contribution in [0, 0.1) is 0 Å². The van der Waals surface area contributed by atoms with E-state index in [1.54, 1.807) is 18.2 Å². The number of rotatable bonds is 4. The molecule has 0 unspecified atom stereocenters. The maximum Gasteiger partial charge on any atom is 0.335 e. The van der Waals surface area contributed by atoms with Crippen molar-refractivity contribution < 1.29 is 14.6 Å². The Morgan fingerprint density at radius 3 is 2.65 bits per heavy atom. The average molecular weight is 312 g/mol. The largest absolute Gasteiger partial charge is 0.487 e. The highest BCUT2D eigenvalue weighted by molar-refractivity contribution is 6.42. The molecule has 2 rings (SSSR count). The van der Waals surface area contributed by atoms with Gasteiger partial charge in [-0.1, -0.05) is 35.3 Å². The molecule has 20 heavy (non-hydrogen) atoms. The van der Waals surface area contributed by atoms with Gasteiger partial charge in [0, 0.05) is 5.56 Å². The zero-order chi connectivity index (χ0) is 14.7. The molecular formula is C14H11Cl2NO3. The topological polar surface area (TPSA) is 72.6 Å². The molecule has 0 heterocycles. The highest BCUT2D eigenvalue weighted by Crippen LogP contribution is 2.28. The molecule has 0 aliphatic rings. The Morgan fingerprint density at radius 2 is 2.00 bits per heavy atom. The van der Waals surface area contributed by atoms with E-state index in [0.29, 0.717) is 15.8 Å². The molecule has 0 aliphatic heterocycles. The predicted molar refractivity (Wildman–Crippen MR) is 78.6 cm³/mol. The van der Waals surface area contributed by atoms with Crippen molar-refractivity contribution in [3.63, 3.8) is 0 Å². The standard InChI is InChI=1S/C14H11Cl2NO3/c15-10-3-1-2-9(13(10)16)7-20-12-5-4-8(14(18)19)6-11(12)17/h1-6H,7,17H2,(H,18,19). The van der Waals surface area contributed by atoms with Crippen LogP contribution in [0.3, 0.4) is 0 Å². The van der Waals surface area contributed by atoms with E-state index in [4.69, 9.17) is 38.8 Å². The lowest BCUT2D eigenvalue weighted by Crippen LogP contribution is -2.02. The minimum absolute atomic E-state index is 0.107. The average Bonchev–Trinajstić information content (AvgIpc) is 2.41. The van der Waals surface area contributed by atoms with E-state index in [2.05, 4.69) is 0 Å². The summed E-state index contributed by atoms with van der Waals surface area (Å²) in [5, 5.41) is 9.72. The Labute approximate surface area is 125 Å². The number of anilines is 1. The van der Waals surface area contributed by atoms with Crippen molar-refractivity contribution in [1.29, 1.82) is 0 Å². The summed E-state index contributed by atoms with van der Waals surface area (Å²) in [6.45, 7) is 0.190. The van der Waals surface area contributed by atoms with E-state index < -0.39 is 5.97 Å². The van der Waals surface area contributed by atoms with Gasteiger partial charge in [0.15, 0.2) is 0 Å². The van der Waals surface area contributed by atoms with Crippen LogP contribution in [0.15, 0.2) is 36.4 Å². The molecule has 0 aliphatic carbocycles. The van der Waals surface area contributed by atoms with Crippen molar-refractivity contribution in [2.24, 2.45) is 0 Å². The SMILES string of the molecule is Nc1cc(C(=O)O)ccc1OCc1cccc(Cl)c1Cl. The monoisotopic (exact) mass is 311 g/mol. The zero-order valence-corrected chi connectivity index (χ0v) is 11.8. The fourth-order valence-electron chi connectivity index (χ4n) is 1.63. The zero-order valence-electron chi connectivity index (χ0n) is 10.3.